The summed E-state index contributed by atoms with van der Waals surface area (Å²) in [7, 11) is 0. The van der Waals surface area contributed by atoms with Gasteiger partial charge in [0.15, 0.2) is 0 Å². The second-order valence-electron chi connectivity index (χ2n) is 7.30. The van der Waals surface area contributed by atoms with Crippen LogP contribution >= 0.6 is 0 Å². The highest BCUT2D eigenvalue weighted by Gasteiger charge is 2.12. The van der Waals surface area contributed by atoms with Gasteiger partial charge in [-0.2, -0.15) is 0 Å². The molecule has 0 heteroatoms. The summed E-state index contributed by atoms with van der Waals surface area (Å²) < 4.78 is 0. The lowest BCUT2D eigenvalue weighted by atomic mass is 9.89. The fourth-order valence-corrected chi connectivity index (χ4v) is 3.64. The largest absolute Gasteiger partial charge is 0.0758 e. The maximum atomic E-state index is 2.42. The lowest BCUT2D eigenvalue weighted by Crippen LogP contribution is -1.93. The predicted molar refractivity (Wildman–Crippen MR) is 114 cm³/mol. The molecule has 0 unspecified atom stereocenters. The average Bonchev–Trinajstić information content (AvgIpc) is 2.68. The van der Waals surface area contributed by atoms with Gasteiger partial charge in [-0.15, -0.1) is 0 Å². The average molecular weight is 336 g/mol. The van der Waals surface area contributed by atoms with Crippen molar-refractivity contribution in [2.45, 2.75) is 20.3 Å². The zero-order valence-corrected chi connectivity index (χ0v) is 15.4. The second-order valence-corrected chi connectivity index (χ2v) is 7.30. The molecular formula is C26H24. The lowest BCUT2D eigenvalue weighted by Gasteiger charge is -2.15. The van der Waals surface area contributed by atoms with Crippen molar-refractivity contribution in [3.8, 4) is 0 Å². The SMILES string of the molecule is CC(C)CC=C(c1cccc2ccccc12)c1cccc2ccccc12. The molecule has 0 nitrogen and oxygen atoms in total. The second kappa shape index (κ2) is 7.17. The van der Waals surface area contributed by atoms with Crippen LogP contribution in [0.3, 0.4) is 0 Å². The Balaban J connectivity index is 2.00. The summed E-state index contributed by atoms with van der Waals surface area (Å²) in [4.78, 5) is 0. The van der Waals surface area contributed by atoms with Crippen molar-refractivity contribution in [3.63, 3.8) is 0 Å². The highest BCUT2D eigenvalue weighted by molar-refractivity contribution is 6.03. The molecule has 0 radical (unpaired) electrons. The van der Waals surface area contributed by atoms with Crippen molar-refractivity contribution in [1.82, 2.24) is 0 Å². The molecule has 0 aliphatic rings. The maximum Gasteiger partial charge on any atom is -0.0102 e. The van der Waals surface area contributed by atoms with Crippen LogP contribution in [-0.2, 0) is 0 Å². The smallest absolute Gasteiger partial charge is 0.0102 e. The molecular weight excluding hydrogens is 312 g/mol. The van der Waals surface area contributed by atoms with Crippen LogP contribution in [0, 0.1) is 5.92 Å². The third kappa shape index (κ3) is 3.15. The number of allylic oxidation sites excluding steroid dienone is 1. The van der Waals surface area contributed by atoms with Crippen LogP contribution in [0.5, 0.6) is 0 Å². The Morgan fingerprint density at radius 3 is 1.62 bits per heavy atom. The molecule has 0 spiro atoms. The normalized spacial score (nSPS) is 11.2. The Labute approximate surface area is 155 Å². The monoisotopic (exact) mass is 336 g/mol. The maximum absolute atomic E-state index is 2.42. The van der Waals surface area contributed by atoms with Gasteiger partial charge in [0, 0.05) is 0 Å². The summed E-state index contributed by atoms with van der Waals surface area (Å²) in [5.74, 6) is 0.634. The van der Waals surface area contributed by atoms with Crippen molar-refractivity contribution >= 4 is 27.1 Å². The van der Waals surface area contributed by atoms with Gasteiger partial charge in [0.2, 0.25) is 0 Å². The first-order chi connectivity index (χ1) is 12.7. The van der Waals surface area contributed by atoms with E-state index in [1.165, 1.54) is 38.2 Å². The lowest BCUT2D eigenvalue weighted by molar-refractivity contribution is 0.664. The summed E-state index contributed by atoms with van der Waals surface area (Å²) >= 11 is 0. The molecule has 0 N–H and O–H groups in total. The molecule has 0 aliphatic heterocycles. The van der Waals surface area contributed by atoms with Gasteiger partial charge in [-0.25, -0.2) is 0 Å². The molecule has 0 fully saturated rings. The van der Waals surface area contributed by atoms with Gasteiger partial charge in [-0.05, 0) is 50.6 Å². The van der Waals surface area contributed by atoms with Crippen LogP contribution in [0.4, 0.5) is 0 Å². The van der Waals surface area contributed by atoms with Gasteiger partial charge >= 0.3 is 0 Å². The first-order valence-corrected chi connectivity index (χ1v) is 9.40. The molecule has 0 heterocycles. The van der Waals surface area contributed by atoms with Gasteiger partial charge in [-0.1, -0.05) is 105 Å². The van der Waals surface area contributed by atoms with E-state index >= 15 is 0 Å². The summed E-state index contributed by atoms with van der Waals surface area (Å²) in [6.45, 7) is 4.56. The molecule has 128 valence electrons. The Morgan fingerprint density at radius 2 is 1.12 bits per heavy atom. The topological polar surface area (TPSA) is 0 Å². The third-order valence-electron chi connectivity index (χ3n) is 4.95. The minimum Gasteiger partial charge on any atom is -0.0758 e. The Morgan fingerprint density at radius 1 is 0.654 bits per heavy atom. The van der Waals surface area contributed by atoms with Crippen molar-refractivity contribution in [3.05, 3.63) is 102 Å². The van der Waals surface area contributed by atoms with E-state index in [1.807, 2.05) is 0 Å². The fraction of sp³-hybridized carbons (Fsp3) is 0.154. The summed E-state index contributed by atoms with van der Waals surface area (Å²) in [5.41, 5.74) is 3.98. The molecule has 0 atom stereocenters. The van der Waals surface area contributed by atoms with Gasteiger partial charge in [-0.3, -0.25) is 0 Å². The molecule has 0 amide bonds. The molecule has 0 aromatic heterocycles. The van der Waals surface area contributed by atoms with E-state index in [0.717, 1.165) is 6.42 Å². The van der Waals surface area contributed by atoms with Crippen LogP contribution in [0.15, 0.2) is 91.0 Å². The highest BCUT2D eigenvalue weighted by atomic mass is 14.2. The molecule has 26 heavy (non-hydrogen) atoms. The van der Waals surface area contributed by atoms with E-state index in [0.29, 0.717) is 5.92 Å². The van der Waals surface area contributed by atoms with E-state index in [9.17, 15) is 0 Å². The van der Waals surface area contributed by atoms with Crippen molar-refractivity contribution in [1.29, 1.82) is 0 Å². The van der Waals surface area contributed by atoms with E-state index in [-0.39, 0.29) is 0 Å². The van der Waals surface area contributed by atoms with Crippen LogP contribution in [0.25, 0.3) is 27.1 Å². The highest BCUT2D eigenvalue weighted by Crippen LogP contribution is 2.34. The first-order valence-electron chi connectivity index (χ1n) is 9.40. The zero-order valence-electron chi connectivity index (χ0n) is 15.4. The molecule has 0 saturated heterocycles. The number of fused-ring (bicyclic) bond motifs is 2. The van der Waals surface area contributed by atoms with Gasteiger partial charge in [0.1, 0.15) is 0 Å². The number of hydrogen-bond acceptors (Lipinski definition) is 0. The number of benzene rings is 4. The summed E-state index contributed by atoms with van der Waals surface area (Å²) in [6.07, 6.45) is 3.50. The van der Waals surface area contributed by atoms with E-state index in [2.05, 4.69) is 105 Å². The Bertz CT molecular complexity index is 991. The third-order valence-corrected chi connectivity index (χ3v) is 4.95. The minimum absolute atomic E-state index is 0.634. The molecule has 0 aliphatic carbocycles. The minimum atomic E-state index is 0.634. The van der Waals surface area contributed by atoms with Gasteiger partial charge in [0.25, 0.3) is 0 Å². The first kappa shape index (κ1) is 16.6. The predicted octanol–water partition coefficient (Wildman–Crippen LogP) is 7.47. The van der Waals surface area contributed by atoms with Crippen LogP contribution in [0.2, 0.25) is 0 Å². The van der Waals surface area contributed by atoms with E-state index in [1.54, 1.807) is 0 Å². The Kier molecular flexibility index (Phi) is 4.58. The summed E-state index contributed by atoms with van der Waals surface area (Å²) in [5, 5.41) is 5.22. The number of hydrogen-bond donors (Lipinski definition) is 0. The summed E-state index contributed by atoms with van der Waals surface area (Å²) in [6, 6.07) is 30.6. The van der Waals surface area contributed by atoms with Gasteiger partial charge in [0.05, 0.1) is 0 Å². The fourth-order valence-electron chi connectivity index (χ4n) is 3.64. The standard InChI is InChI=1S/C26H24/c1-19(2)17-18-26(24-15-7-11-20-9-3-5-13-22(20)24)25-16-8-12-21-10-4-6-14-23(21)25/h3-16,18-19H,17H2,1-2H3. The van der Waals surface area contributed by atoms with Crippen molar-refractivity contribution in [2.75, 3.05) is 0 Å². The molecule has 4 aromatic rings. The molecule has 4 aromatic carbocycles. The van der Waals surface area contributed by atoms with Crippen LogP contribution in [-0.4, -0.2) is 0 Å². The van der Waals surface area contributed by atoms with Crippen molar-refractivity contribution < 1.29 is 0 Å². The number of rotatable bonds is 4. The molecule has 0 saturated carbocycles. The van der Waals surface area contributed by atoms with Crippen LogP contribution < -0.4 is 0 Å². The quantitative estimate of drug-likeness (QED) is 0.362. The zero-order chi connectivity index (χ0) is 17.9. The van der Waals surface area contributed by atoms with E-state index in [4.69, 9.17) is 0 Å². The molecule has 4 rings (SSSR count). The van der Waals surface area contributed by atoms with E-state index < -0.39 is 0 Å². The Hall–Kier alpha value is -2.86. The van der Waals surface area contributed by atoms with Crippen molar-refractivity contribution in [2.24, 2.45) is 5.92 Å². The van der Waals surface area contributed by atoms with Crippen LogP contribution in [0.1, 0.15) is 31.4 Å². The van der Waals surface area contributed by atoms with Gasteiger partial charge < -0.3 is 0 Å². The molecule has 0 bridgehead atoms.